The molecule has 156 valence electrons. The van der Waals surface area contributed by atoms with Crippen molar-refractivity contribution in [3.05, 3.63) is 59.9 Å². The number of rotatable bonds is 8. The number of benzene rings is 2. The number of nitrogens with zero attached hydrogens (tertiary/aromatic N) is 3. The van der Waals surface area contributed by atoms with Crippen LogP contribution in [0.5, 0.6) is 11.5 Å². The molecule has 9 heteroatoms. The fourth-order valence-electron chi connectivity index (χ4n) is 2.76. The lowest BCUT2D eigenvalue weighted by Gasteiger charge is -2.11. The maximum atomic E-state index is 12.5. The zero-order valence-corrected chi connectivity index (χ0v) is 17.0. The number of anilines is 2. The number of carbonyl (C=O) groups excluding carboxylic acids is 2. The van der Waals surface area contributed by atoms with Gasteiger partial charge in [0.15, 0.2) is 5.69 Å². The summed E-state index contributed by atoms with van der Waals surface area (Å²) in [7, 11) is 1.57. The molecule has 0 aliphatic carbocycles. The largest absolute Gasteiger partial charge is 0.497 e. The lowest BCUT2D eigenvalue weighted by Crippen LogP contribution is -2.21. The Labute approximate surface area is 174 Å². The molecular formula is C21H23N5O4. The van der Waals surface area contributed by atoms with Crippen LogP contribution in [0.4, 0.5) is 11.4 Å². The molecule has 0 saturated carbocycles. The molecule has 30 heavy (non-hydrogen) atoms. The van der Waals surface area contributed by atoms with E-state index in [1.54, 1.807) is 56.5 Å². The van der Waals surface area contributed by atoms with Crippen LogP contribution < -0.4 is 20.1 Å². The average Bonchev–Trinajstić information content (AvgIpc) is 3.10. The zero-order valence-electron chi connectivity index (χ0n) is 17.0. The summed E-state index contributed by atoms with van der Waals surface area (Å²) >= 11 is 0. The molecule has 0 aliphatic rings. The number of carbonyl (C=O) groups is 2. The molecule has 2 amide bonds. The Morgan fingerprint density at radius 1 is 1.07 bits per heavy atom. The molecule has 2 N–H and O–H groups in total. The lowest BCUT2D eigenvalue weighted by atomic mass is 10.2. The summed E-state index contributed by atoms with van der Waals surface area (Å²) < 4.78 is 12.0. The van der Waals surface area contributed by atoms with E-state index in [-0.39, 0.29) is 18.1 Å². The van der Waals surface area contributed by atoms with Gasteiger partial charge in [0.1, 0.15) is 18.0 Å². The first-order chi connectivity index (χ1) is 14.5. The first-order valence-electron chi connectivity index (χ1n) is 9.39. The molecule has 0 unspecified atom stereocenters. The molecule has 9 nitrogen and oxygen atoms in total. The van der Waals surface area contributed by atoms with Gasteiger partial charge in [-0.1, -0.05) is 17.3 Å². The minimum absolute atomic E-state index is 0.0882. The smallest absolute Gasteiger partial charge is 0.278 e. The molecule has 0 spiro atoms. The van der Waals surface area contributed by atoms with Gasteiger partial charge in [-0.25, -0.2) is 4.68 Å². The van der Waals surface area contributed by atoms with Gasteiger partial charge in [-0.05, 0) is 50.2 Å². The molecule has 2 aromatic carbocycles. The minimum Gasteiger partial charge on any atom is -0.497 e. The summed E-state index contributed by atoms with van der Waals surface area (Å²) in [5, 5.41) is 13.4. The van der Waals surface area contributed by atoms with Crippen LogP contribution in [-0.2, 0) is 11.3 Å². The number of aromatic nitrogens is 3. The molecule has 0 radical (unpaired) electrons. The van der Waals surface area contributed by atoms with E-state index in [4.69, 9.17) is 9.47 Å². The van der Waals surface area contributed by atoms with Crippen LogP contribution in [0.3, 0.4) is 0 Å². The van der Waals surface area contributed by atoms with Crippen LogP contribution in [0, 0.1) is 6.92 Å². The second-order valence-electron chi connectivity index (χ2n) is 6.34. The quantitative estimate of drug-likeness (QED) is 0.592. The van der Waals surface area contributed by atoms with Crippen molar-refractivity contribution < 1.29 is 19.1 Å². The average molecular weight is 409 g/mol. The van der Waals surface area contributed by atoms with Crippen molar-refractivity contribution in [2.75, 3.05) is 24.4 Å². The van der Waals surface area contributed by atoms with Crippen LogP contribution in [0.2, 0.25) is 0 Å². The third-order valence-electron chi connectivity index (χ3n) is 4.30. The molecule has 1 heterocycles. The molecule has 1 aromatic heterocycles. The topological polar surface area (TPSA) is 107 Å². The number of methoxy groups -OCH3 is 1. The van der Waals surface area contributed by atoms with E-state index < -0.39 is 5.91 Å². The zero-order chi connectivity index (χ0) is 21.5. The highest BCUT2D eigenvalue weighted by Gasteiger charge is 2.18. The van der Waals surface area contributed by atoms with E-state index >= 15 is 0 Å². The Kier molecular flexibility index (Phi) is 6.63. The van der Waals surface area contributed by atoms with Crippen molar-refractivity contribution in [2.24, 2.45) is 0 Å². The highest BCUT2D eigenvalue weighted by atomic mass is 16.5. The summed E-state index contributed by atoms with van der Waals surface area (Å²) in [6, 6.07) is 14.1. The second-order valence-corrected chi connectivity index (χ2v) is 6.34. The van der Waals surface area contributed by atoms with E-state index in [1.165, 1.54) is 4.68 Å². The SMILES string of the molecule is CCOc1ccccc1NC(=O)Cn1nnc(C(=O)Nc2ccc(OC)cc2)c1C. The summed E-state index contributed by atoms with van der Waals surface area (Å²) in [6.07, 6.45) is 0. The van der Waals surface area contributed by atoms with Crippen LogP contribution in [0.25, 0.3) is 0 Å². The molecule has 0 atom stereocenters. The second kappa shape index (κ2) is 9.55. The Hall–Kier alpha value is -3.88. The molecule has 0 aliphatic heterocycles. The van der Waals surface area contributed by atoms with Gasteiger partial charge >= 0.3 is 0 Å². The lowest BCUT2D eigenvalue weighted by molar-refractivity contribution is -0.117. The maximum absolute atomic E-state index is 12.5. The van der Waals surface area contributed by atoms with Gasteiger partial charge in [0.2, 0.25) is 5.91 Å². The third-order valence-corrected chi connectivity index (χ3v) is 4.30. The van der Waals surface area contributed by atoms with E-state index in [1.807, 2.05) is 13.0 Å². The summed E-state index contributed by atoms with van der Waals surface area (Å²) in [5.41, 5.74) is 1.79. The van der Waals surface area contributed by atoms with Crippen LogP contribution >= 0.6 is 0 Å². The summed E-state index contributed by atoms with van der Waals surface area (Å²) in [4.78, 5) is 25.0. The van der Waals surface area contributed by atoms with Gasteiger partial charge in [0.25, 0.3) is 5.91 Å². The summed E-state index contributed by atoms with van der Waals surface area (Å²) in [5.74, 6) is 0.554. The van der Waals surface area contributed by atoms with E-state index in [9.17, 15) is 9.59 Å². The van der Waals surface area contributed by atoms with Crippen LogP contribution in [-0.4, -0.2) is 40.5 Å². The number of nitrogens with one attached hydrogen (secondary N) is 2. The summed E-state index contributed by atoms with van der Waals surface area (Å²) in [6.45, 7) is 3.96. The van der Waals surface area contributed by atoms with Crippen molar-refractivity contribution in [1.29, 1.82) is 0 Å². The maximum Gasteiger partial charge on any atom is 0.278 e. The molecular weight excluding hydrogens is 386 g/mol. The number of ether oxygens (including phenoxy) is 2. The number of amides is 2. The van der Waals surface area contributed by atoms with Gasteiger partial charge < -0.3 is 20.1 Å². The van der Waals surface area contributed by atoms with Crippen molar-refractivity contribution >= 4 is 23.2 Å². The fraction of sp³-hybridized carbons (Fsp3) is 0.238. The van der Waals surface area contributed by atoms with E-state index in [0.717, 1.165) is 0 Å². The number of hydrogen-bond acceptors (Lipinski definition) is 6. The molecule has 0 saturated heterocycles. The predicted octanol–water partition coefficient (Wildman–Crippen LogP) is 2.88. The van der Waals surface area contributed by atoms with Gasteiger partial charge in [-0.15, -0.1) is 5.10 Å². The highest BCUT2D eigenvalue weighted by molar-refractivity contribution is 6.03. The third kappa shape index (κ3) is 4.93. The normalized spacial score (nSPS) is 10.4. The number of hydrogen-bond donors (Lipinski definition) is 2. The van der Waals surface area contributed by atoms with Crippen molar-refractivity contribution in [3.63, 3.8) is 0 Å². The van der Waals surface area contributed by atoms with E-state index in [2.05, 4.69) is 20.9 Å². The van der Waals surface area contributed by atoms with E-state index in [0.29, 0.717) is 35.2 Å². The van der Waals surface area contributed by atoms with Crippen molar-refractivity contribution in [1.82, 2.24) is 15.0 Å². The Balaban J connectivity index is 1.66. The molecule has 0 bridgehead atoms. The highest BCUT2D eigenvalue weighted by Crippen LogP contribution is 2.23. The first kappa shape index (κ1) is 20.8. The molecule has 0 fully saturated rings. The fourth-order valence-corrected chi connectivity index (χ4v) is 2.76. The standard InChI is InChI=1S/C21H23N5O4/c1-4-30-18-8-6-5-7-17(18)23-19(27)13-26-14(2)20(24-25-26)21(28)22-15-9-11-16(29-3)12-10-15/h5-12H,4,13H2,1-3H3,(H,22,28)(H,23,27). The van der Waals surface area contributed by atoms with Crippen LogP contribution in [0.15, 0.2) is 48.5 Å². The Morgan fingerprint density at radius 2 is 1.80 bits per heavy atom. The first-order valence-corrected chi connectivity index (χ1v) is 9.39. The molecule has 3 aromatic rings. The minimum atomic E-state index is -0.411. The Morgan fingerprint density at radius 3 is 2.50 bits per heavy atom. The Bertz CT molecular complexity index is 1030. The monoisotopic (exact) mass is 409 g/mol. The van der Waals surface area contributed by atoms with Gasteiger partial charge in [0, 0.05) is 5.69 Å². The van der Waals surface area contributed by atoms with Crippen LogP contribution in [0.1, 0.15) is 23.1 Å². The van der Waals surface area contributed by atoms with Crippen molar-refractivity contribution in [3.8, 4) is 11.5 Å². The van der Waals surface area contributed by atoms with Crippen molar-refractivity contribution in [2.45, 2.75) is 20.4 Å². The number of para-hydroxylation sites is 2. The molecule has 3 rings (SSSR count). The predicted molar refractivity (Wildman–Crippen MR) is 112 cm³/mol. The van der Waals surface area contributed by atoms with Gasteiger partial charge in [-0.3, -0.25) is 9.59 Å². The van der Waals surface area contributed by atoms with Gasteiger partial charge in [-0.2, -0.15) is 0 Å². The van der Waals surface area contributed by atoms with Gasteiger partial charge in [0.05, 0.1) is 25.1 Å².